The van der Waals surface area contributed by atoms with Gasteiger partial charge in [-0.2, -0.15) is 0 Å². The predicted octanol–water partition coefficient (Wildman–Crippen LogP) is 1.93. The van der Waals surface area contributed by atoms with Crippen molar-refractivity contribution in [3.63, 3.8) is 0 Å². The third kappa shape index (κ3) is 2.93. The van der Waals surface area contributed by atoms with E-state index < -0.39 is 22.7 Å². The Hall–Kier alpha value is -2.61. The molecule has 3 rings (SSSR count). The molecule has 0 aromatic heterocycles. The first-order chi connectivity index (χ1) is 11.7. The zero-order valence-electron chi connectivity index (χ0n) is 14.3. The van der Waals surface area contributed by atoms with E-state index in [-0.39, 0.29) is 18.1 Å². The van der Waals surface area contributed by atoms with E-state index in [0.29, 0.717) is 23.7 Å². The Kier molecular flexibility index (Phi) is 4.16. The van der Waals surface area contributed by atoms with Gasteiger partial charge in [0.25, 0.3) is 11.6 Å². The van der Waals surface area contributed by atoms with Crippen LogP contribution in [0, 0.1) is 10.1 Å². The molecule has 2 heterocycles. The summed E-state index contributed by atoms with van der Waals surface area (Å²) in [7, 11) is 0. The van der Waals surface area contributed by atoms with E-state index in [1.807, 2.05) is 6.92 Å². The highest BCUT2D eigenvalue weighted by molar-refractivity contribution is 5.91. The Morgan fingerprint density at radius 1 is 1.48 bits per heavy atom. The number of nitro benzene ring substituents is 1. The molecule has 2 aliphatic heterocycles. The average molecular weight is 348 g/mol. The van der Waals surface area contributed by atoms with E-state index in [9.17, 15) is 20.0 Å². The van der Waals surface area contributed by atoms with Gasteiger partial charge >= 0.3 is 0 Å². The maximum Gasteiger partial charge on any atom is 0.270 e. The number of amides is 1. The minimum atomic E-state index is -1.06. The Bertz CT molecular complexity index is 758. The monoisotopic (exact) mass is 348 g/mol. The summed E-state index contributed by atoms with van der Waals surface area (Å²) >= 11 is 0. The SMILES string of the molecule is CCOC1=CC(=O)N([C@@H]2c3cc([N+](=O)[O-])ccc3OC(C)(C)[C@H]2O)C1. The van der Waals surface area contributed by atoms with E-state index in [1.165, 1.54) is 29.2 Å². The lowest BCUT2D eigenvalue weighted by atomic mass is 9.85. The normalized spacial score (nSPS) is 24.4. The first kappa shape index (κ1) is 17.2. The summed E-state index contributed by atoms with van der Waals surface area (Å²) in [5, 5.41) is 21.9. The van der Waals surface area contributed by atoms with Gasteiger partial charge in [0.15, 0.2) is 0 Å². The molecule has 1 aromatic rings. The minimum absolute atomic E-state index is 0.121. The number of benzene rings is 1. The van der Waals surface area contributed by atoms with E-state index in [1.54, 1.807) is 13.8 Å². The number of fused-ring (bicyclic) bond motifs is 1. The molecule has 0 spiro atoms. The minimum Gasteiger partial charge on any atom is -0.496 e. The lowest BCUT2D eigenvalue weighted by molar-refractivity contribution is -0.385. The predicted molar refractivity (Wildman–Crippen MR) is 88.0 cm³/mol. The zero-order valence-corrected chi connectivity index (χ0v) is 14.3. The van der Waals surface area contributed by atoms with Gasteiger partial charge in [0.1, 0.15) is 23.2 Å². The number of aliphatic hydroxyl groups is 1. The topological polar surface area (TPSA) is 102 Å². The lowest BCUT2D eigenvalue weighted by Gasteiger charge is -2.45. The molecule has 0 saturated carbocycles. The van der Waals surface area contributed by atoms with Crippen molar-refractivity contribution in [3.8, 4) is 5.75 Å². The van der Waals surface area contributed by atoms with Crippen molar-refractivity contribution < 1.29 is 24.3 Å². The second kappa shape index (κ2) is 6.03. The number of carbonyl (C=O) groups excluding carboxylic acids is 1. The summed E-state index contributed by atoms with van der Waals surface area (Å²) in [6.45, 7) is 5.88. The standard InChI is InChI=1S/C17H20N2O6/c1-4-24-11-8-14(20)18(9-11)15-12-7-10(19(22)23)5-6-13(12)25-17(2,3)16(15)21/h5-8,15-16,21H,4,9H2,1-3H3/t15-,16+/m1/s1. The fourth-order valence-corrected chi connectivity index (χ4v) is 3.23. The van der Waals surface area contributed by atoms with Crippen LogP contribution in [0.5, 0.6) is 5.75 Å². The first-order valence-corrected chi connectivity index (χ1v) is 8.04. The third-order valence-corrected chi connectivity index (χ3v) is 4.47. The number of nitro groups is 1. The van der Waals surface area contributed by atoms with Crippen LogP contribution in [0.2, 0.25) is 0 Å². The number of hydrogen-bond acceptors (Lipinski definition) is 6. The summed E-state index contributed by atoms with van der Waals surface area (Å²) in [6.07, 6.45) is 0.329. The summed E-state index contributed by atoms with van der Waals surface area (Å²) in [6, 6.07) is 3.44. The van der Waals surface area contributed by atoms with Crippen LogP contribution in [-0.2, 0) is 9.53 Å². The van der Waals surface area contributed by atoms with Gasteiger partial charge in [0.05, 0.1) is 24.1 Å². The highest BCUT2D eigenvalue weighted by atomic mass is 16.6. The molecule has 0 bridgehead atoms. The lowest BCUT2D eigenvalue weighted by Crippen LogP contribution is -2.54. The molecule has 134 valence electrons. The van der Waals surface area contributed by atoms with Crippen molar-refractivity contribution in [2.75, 3.05) is 13.2 Å². The number of ether oxygens (including phenoxy) is 2. The Morgan fingerprint density at radius 3 is 2.84 bits per heavy atom. The van der Waals surface area contributed by atoms with E-state index in [4.69, 9.17) is 9.47 Å². The zero-order chi connectivity index (χ0) is 18.4. The van der Waals surface area contributed by atoms with Gasteiger partial charge in [-0.15, -0.1) is 0 Å². The molecule has 8 nitrogen and oxygen atoms in total. The first-order valence-electron chi connectivity index (χ1n) is 8.04. The van der Waals surface area contributed by atoms with Crippen LogP contribution in [0.4, 0.5) is 5.69 Å². The van der Waals surface area contributed by atoms with Crippen molar-refractivity contribution in [3.05, 3.63) is 45.7 Å². The highest BCUT2D eigenvalue weighted by Gasteiger charge is 2.48. The van der Waals surface area contributed by atoms with Gasteiger partial charge in [0, 0.05) is 23.8 Å². The van der Waals surface area contributed by atoms with Crippen molar-refractivity contribution >= 4 is 11.6 Å². The van der Waals surface area contributed by atoms with Crippen molar-refractivity contribution in [1.29, 1.82) is 0 Å². The van der Waals surface area contributed by atoms with Crippen LogP contribution < -0.4 is 4.74 Å². The molecule has 0 aliphatic carbocycles. The molecule has 2 atom stereocenters. The number of nitrogens with zero attached hydrogens (tertiary/aromatic N) is 2. The fraction of sp³-hybridized carbons (Fsp3) is 0.471. The van der Waals surface area contributed by atoms with Crippen LogP contribution >= 0.6 is 0 Å². The maximum atomic E-state index is 12.4. The number of hydrogen-bond donors (Lipinski definition) is 1. The second-order valence-electron chi connectivity index (χ2n) is 6.58. The Labute approximate surface area is 144 Å². The molecular formula is C17H20N2O6. The smallest absolute Gasteiger partial charge is 0.270 e. The van der Waals surface area contributed by atoms with E-state index in [2.05, 4.69) is 0 Å². The second-order valence-corrected chi connectivity index (χ2v) is 6.58. The molecule has 0 saturated heterocycles. The van der Waals surface area contributed by atoms with Crippen molar-refractivity contribution in [2.24, 2.45) is 0 Å². The summed E-state index contributed by atoms with van der Waals surface area (Å²) < 4.78 is 11.2. The van der Waals surface area contributed by atoms with E-state index in [0.717, 1.165) is 0 Å². The largest absolute Gasteiger partial charge is 0.496 e. The summed E-state index contributed by atoms with van der Waals surface area (Å²) in [5.41, 5.74) is -0.660. The summed E-state index contributed by atoms with van der Waals surface area (Å²) in [5.74, 6) is 0.627. The van der Waals surface area contributed by atoms with E-state index >= 15 is 0 Å². The van der Waals surface area contributed by atoms with Crippen molar-refractivity contribution in [2.45, 2.75) is 38.5 Å². The number of rotatable bonds is 4. The number of carbonyl (C=O) groups is 1. The molecule has 1 amide bonds. The van der Waals surface area contributed by atoms with Gasteiger partial charge in [-0.3, -0.25) is 14.9 Å². The molecule has 1 aromatic carbocycles. The van der Waals surface area contributed by atoms with Crippen LogP contribution in [0.25, 0.3) is 0 Å². The molecular weight excluding hydrogens is 328 g/mol. The van der Waals surface area contributed by atoms with Crippen LogP contribution in [0.15, 0.2) is 30.0 Å². The van der Waals surface area contributed by atoms with Gasteiger partial charge in [-0.05, 0) is 26.8 Å². The van der Waals surface area contributed by atoms with Gasteiger partial charge in [-0.1, -0.05) is 0 Å². The quantitative estimate of drug-likeness (QED) is 0.659. The number of non-ortho nitro benzene ring substituents is 1. The Morgan fingerprint density at radius 2 is 2.20 bits per heavy atom. The number of aliphatic hydroxyl groups excluding tert-OH is 1. The molecule has 1 N–H and O–H groups in total. The molecule has 25 heavy (non-hydrogen) atoms. The average Bonchev–Trinajstić information content (AvgIpc) is 2.88. The third-order valence-electron chi connectivity index (χ3n) is 4.47. The Balaban J connectivity index is 2.05. The highest BCUT2D eigenvalue weighted by Crippen LogP contribution is 2.45. The molecule has 8 heteroatoms. The van der Waals surface area contributed by atoms with Crippen molar-refractivity contribution in [1.82, 2.24) is 4.90 Å². The maximum absolute atomic E-state index is 12.4. The fourth-order valence-electron chi connectivity index (χ4n) is 3.23. The van der Waals surface area contributed by atoms with Crippen LogP contribution in [0.1, 0.15) is 32.4 Å². The van der Waals surface area contributed by atoms with Gasteiger partial charge in [-0.25, -0.2) is 0 Å². The summed E-state index contributed by atoms with van der Waals surface area (Å²) in [4.78, 5) is 24.5. The van der Waals surface area contributed by atoms with Crippen LogP contribution in [-0.4, -0.2) is 45.7 Å². The molecule has 0 unspecified atom stereocenters. The molecule has 2 aliphatic rings. The van der Waals surface area contributed by atoms with Crippen LogP contribution in [0.3, 0.4) is 0 Å². The molecule has 0 radical (unpaired) electrons. The van der Waals surface area contributed by atoms with Gasteiger partial charge < -0.3 is 19.5 Å². The van der Waals surface area contributed by atoms with Gasteiger partial charge in [0.2, 0.25) is 0 Å². The molecule has 0 fully saturated rings.